The number of nitro groups is 2. The zero-order chi connectivity index (χ0) is 29.0. The van der Waals surface area contributed by atoms with Gasteiger partial charge < -0.3 is 19.6 Å². The van der Waals surface area contributed by atoms with Gasteiger partial charge in [-0.1, -0.05) is 12.1 Å². The van der Waals surface area contributed by atoms with E-state index in [2.05, 4.69) is 0 Å². The molecule has 2 fully saturated rings. The fourth-order valence-electron chi connectivity index (χ4n) is 5.09. The molecule has 2 amide bonds. The van der Waals surface area contributed by atoms with Crippen molar-refractivity contribution in [3.8, 4) is 0 Å². The number of rotatable bonds is 11. The summed E-state index contributed by atoms with van der Waals surface area (Å²) in [6, 6.07) is 11.7. The molecular weight excluding hydrogens is 540 g/mol. The molecule has 13 heteroatoms. The Bertz CT molecular complexity index is 1240. The van der Waals surface area contributed by atoms with Crippen LogP contribution in [-0.2, 0) is 22.6 Å². The number of carbonyl (C=O) groups excluding carboxylic acids is 2. The summed E-state index contributed by atoms with van der Waals surface area (Å²) in [5.41, 5.74) is 1.37. The molecule has 5 atom stereocenters. The number of non-ortho nitro benzene ring substituents is 2. The lowest BCUT2D eigenvalue weighted by atomic mass is 10.1. The van der Waals surface area contributed by atoms with Crippen LogP contribution in [0, 0.1) is 32.1 Å². The van der Waals surface area contributed by atoms with E-state index in [1.807, 2.05) is 0 Å². The molecule has 0 aromatic heterocycles. The van der Waals surface area contributed by atoms with Crippen molar-refractivity contribution in [2.75, 3.05) is 26.4 Å². The first-order chi connectivity index (χ1) is 19.0. The van der Waals surface area contributed by atoms with Crippen molar-refractivity contribution in [3.63, 3.8) is 0 Å². The molecule has 4 rings (SSSR count). The molecule has 1 aliphatic heterocycles. The summed E-state index contributed by atoms with van der Waals surface area (Å²) in [6.07, 6.45) is 0.555. The molecule has 214 valence electrons. The summed E-state index contributed by atoms with van der Waals surface area (Å²) in [7, 11) is 3.43. The minimum atomic E-state index is -0.669. The quantitative estimate of drug-likeness (QED) is 0.314. The lowest BCUT2D eigenvalue weighted by Crippen LogP contribution is -2.38. The zero-order valence-corrected chi connectivity index (χ0v) is 23.1. The highest BCUT2D eigenvalue weighted by molar-refractivity contribution is 8.00. The van der Waals surface area contributed by atoms with Crippen LogP contribution in [-0.4, -0.2) is 80.5 Å². The van der Waals surface area contributed by atoms with E-state index in [-0.39, 0.29) is 47.0 Å². The van der Waals surface area contributed by atoms with Gasteiger partial charge in [-0.05, 0) is 48.4 Å². The maximum absolute atomic E-state index is 13.1. The van der Waals surface area contributed by atoms with Crippen LogP contribution < -0.4 is 0 Å². The number of nitrogens with zero attached hydrogens (tertiary/aromatic N) is 4. The normalized spacial score (nSPS) is 22.4. The molecular formula is C27H32N4O8S. The third-order valence-electron chi connectivity index (χ3n) is 7.28. The Hall–Kier alpha value is -3.71. The molecule has 12 nitrogen and oxygen atoms in total. The van der Waals surface area contributed by atoms with E-state index >= 15 is 0 Å². The van der Waals surface area contributed by atoms with Crippen LogP contribution in [0.5, 0.6) is 0 Å². The van der Waals surface area contributed by atoms with Gasteiger partial charge in [0, 0.05) is 67.9 Å². The summed E-state index contributed by atoms with van der Waals surface area (Å²) < 4.78 is 5.56. The molecule has 2 aliphatic rings. The third kappa shape index (κ3) is 7.27. The number of thioether (sulfide) groups is 1. The zero-order valence-electron chi connectivity index (χ0n) is 22.3. The molecule has 1 unspecified atom stereocenters. The maximum atomic E-state index is 13.1. The Morgan fingerprint density at radius 3 is 2.15 bits per heavy atom. The number of likely N-dealkylation sites (tertiary alicyclic amines) is 1. The number of ether oxygens (including phenoxy) is 1. The number of nitro benzene ring substituents is 2. The number of benzene rings is 2. The second kappa shape index (κ2) is 12.6. The van der Waals surface area contributed by atoms with E-state index in [9.17, 15) is 34.9 Å². The molecule has 1 saturated heterocycles. The van der Waals surface area contributed by atoms with Crippen LogP contribution in [0.1, 0.15) is 24.0 Å². The topological polar surface area (TPSA) is 156 Å². The Labute approximate surface area is 235 Å². The van der Waals surface area contributed by atoms with Gasteiger partial charge in [-0.3, -0.25) is 25.0 Å². The predicted octanol–water partition coefficient (Wildman–Crippen LogP) is 3.64. The van der Waals surface area contributed by atoms with E-state index in [0.717, 1.165) is 5.56 Å². The number of aliphatic hydroxyl groups is 1. The molecule has 2 aromatic carbocycles. The van der Waals surface area contributed by atoms with Crippen molar-refractivity contribution in [1.29, 1.82) is 0 Å². The van der Waals surface area contributed by atoms with E-state index < -0.39 is 22.0 Å². The standard InChI is InChI=1S/C27H32N4O8S/c1-28(2)26(33)24-13-23(24)25-12-22(40-16-21(32)11-17-3-7-19(8-4-17)30(35)36)14-29(25)27(34)39-15-18-5-9-20(10-6-18)31(37)38/h3-10,21-25,32H,11-16H2,1-2H3/t21?,22-,23+,24+,25-/m0/s1. The van der Waals surface area contributed by atoms with Gasteiger partial charge in [0.05, 0.1) is 16.0 Å². The van der Waals surface area contributed by atoms with Gasteiger partial charge in [0.1, 0.15) is 6.61 Å². The summed E-state index contributed by atoms with van der Waals surface area (Å²) in [6.45, 7) is 0.384. The van der Waals surface area contributed by atoms with Gasteiger partial charge in [0.15, 0.2) is 0 Å². The molecule has 0 bridgehead atoms. The summed E-state index contributed by atoms with van der Waals surface area (Å²) in [5, 5.41) is 32.4. The fourth-order valence-corrected chi connectivity index (χ4v) is 6.30. The van der Waals surface area contributed by atoms with E-state index in [0.29, 0.717) is 37.1 Å². The molecule has 2 aromatic rings. The van der Waals surface area contributed by atoms with Gasteiger partial charge >= 0.3 is 6.09 Å². The van der Waals surface area contributed by atoms with Crippen molar-refractivity contribution in [1.82, 2.24) is 9.80 Å². The summed E-state index contributed by atoms with van der Waals surface area (Å²) in [4.78, 5) is 49.7. The van der Waals surface area contributed by atoms with Gasteiger partial charge in [0.25, 0.3) is 11.4 Å². The Kier molecular flexibility index (Phi) is 9.25. The van der Waals surface area contributed by atoms with Crippen molar-refractivity contribution in [2.45, 2.75) is 43.3 Å². The average molecular weight is 573 g/mol. The van der Waals surface area contributed by atoms with Crippen molar-refractivity contribution >= 4 is 35.1 Å². The SMILES string of the molecule is CN(C)C(=O)[C@@H]1C[C@H]1[C@@H]1C[C@H](SCC(O)Cc2ccc([N+](=O)[O-])cc2)CN1C(=O)OCc1ccc([N+](=O)[O-])cc1. The Balaban J connectivity index is 1.35. The van der Waals surface area contributed by atoms with Crippen LogP contribution in [0.15, 0.2) is 48.5 Å². The van der Waals surface area contributed by atoms with Crippen molar-refractivity contribution < 1.29 is 29.3 Å². The largest absolute Gasteiger partial charge is 0.445 e. The van der Waals surface area contributed by atoms with Gasteiger partial charge in [-0.15, -0.1) is 0 Å². The maximum Gasteiger partial charge on any atom is 0.410 e. The lowest BCUT2D eigenvalue weighted by molar-refractivity contribution is -0.385. The first-order valence-electron chi connectivity index (χ1n) is 12.9. The highest BCUT2D eigenvalue weighted by Crippen LogP contribution is 2.48. The van der Waals surface area contributed by atoms with Gasteiger partial charge in [0.2, 0.25) is 5.91 Å². The van der Waals surface area contributed by atoms with Gasteiger partial charge in [-0.2, -0.15) is 11.8 Å². The monoisotopic (exact) mass is 572 g/mol. The molecule has 1 saturated carbocycles. The van der Waals surface area contributed by atoms with E-state index in [1.54, 1.807) is 59.9 Å². The third-order valence-corrected chi connectivity index (χ3v) is 8.67. The second-order valence-corrected chi connectivity index (χ2v) is 11.7. The first kappa shape index (κ1) is 29.3. The molecule has 40 heavy (non-hydrogen) atoms. The number of aliphatic hydroxyl groups excluding tert-OH is 1. The molecule has 1 aliphatic carbocycles. The predicted molar refractivity (Wildman–Crippen MR) is 148 cm³/mol. The first-order valence-corrected chi connectivity index (χ1v) is 14.0. The molecule has 1 heterocycles. The van der Waals surface area contributed by atoms with Crippen LogP contribution in [0.4, 0.5) is 16.2 Å². The van der Waals surface area contributed by atoms with Crippen molar-refractivity contribution in [2.24, 2.45) is 11.8 Å². The van der Waals surface area contributed by atoms with Crippen LogP contribution >= 0.6 is 11.8 Å². The van der Waals surface area contributed by atoms with Crippen LogP contribution in [0.25, 0.3) is 0 Å². The smallest absolute Gasteiger partial charge is 0.410 e. The Morgan fingerprint density at radius 2 is 1.60 bits per heavy atom. The van der Waals surface area contributed by atoms with Gasteiger partial charge in [-0.25, -0.2) is 4.79 Å². The fraction of sp³-hybridized carbons (Fsp3) is 0.481. The number of amides is 2. The Morgan fingerprint density at radius 1 is 1.02 bits per heavy atom. The van der Waals surface area contributed by atoms with Crippen LogP contribution in [0.2, 0.25) is 0 Å². The highest BCUT2D eigenvalue weighted by Gasteiger charge is 2.54. The molecule has 0 radical (unpaired) electrons. The minimum Gasteiger partial charge on any atom is -0.445 e. The van der Waals surface area contributed by atoms with Crippen LogP contribution in [0.3, 0.4) is 0 Å². The summed E-state index contributed by atoms with van der Waals surface area (Å²) in [5.74, 6) is 0.364. The number of hydrogen-bond acceptors (Lipinski definition) is 9. The lowest BCUT2D eigenvalue weighted by Gasteiger charge is -2.24. The van der Waals surface area contributed by atoms with E-state index in [4.69, 9.17) is 4.74 Å². The average Bonchev–Trinajstić information content (AvgIpc) is 3.61. The van der Waals surface area contributed by atoms with Crippen molar-refractivity contribution in [3.05, 3.63) is 79.9 Å². The molecule has 0 spiro atoms. The summed E-state index contributed by atoms with van der Waals surface area (Å²) >= 11 is 1.56. The second-order valence-electron chi connectivity index (χ2n) is 10.4. The number of hydrogen-bond donors (Lipinski definition) is 1. The molecule has 1 N–H and O–H groups in total. The van der Waals surface area contributed by atoms with E-state index in [1.165, 1.54) is 24.3 Å². The number of carbonyl (C=O) groups is 2. The minimum absolute atomic E-state index is 0.00343. The highest BCUT2D eigenvalue weighted by atomic mass is 32.2.